The van der Waals surface area contributed by atoms with Gasteiger partial charge in [0.15, 0.2) is 5.82 Å². The van der Waals surface area contributed by atoms with Gasteiger partial charge in [0.05, 0.1) is 12.1 Å². The monoisotopic (exact) mass is 618 g/mol. The summed E-state index contributed by atoms with van der Waals surface area (Å²) in [5, 5.41) is 15.5. The number of hydrogen-bond donors (Lipinski definition) is 2. The van der Waals surface area contributed by atoms with Gasteiger partial charge in [-0.15, -0.1) is 0 Å². The number of halogens is 2. The van der Waals surface area contributed by atoms with Gasteiger partial charge in [0, 0.05) is 37.7 Å². The Morgan fingerprint density at radius 1 is 1.07 bits per heavy atom. The first kappa shape index (κ1) is 29.9. The van der Waals surface area contributed by atoms with Crippen LogP contribution in [0, 0.1) is 18.6 Å². The molecule has 11 heteroatoms. The lowest BCUT2D eigenvalue weighted by Crippen LogP contribution is -2.52. The lowest BCUT2D eigenvalue weighted by atomic mass is 9.95. The zero-order chi connectivity index (χ0) is 31.3. The Morgan fingerprint density at radius 2 is 1.87 bits per heavy atom. The molecule has 0 bridgehead atoms. The van der Waals surface area contributed by atoms with Crippen LogP contribution in [0.4, 0.5) is 14.6 Å². The van der Waals surface area contributed by atoms with Crippen LogP contribution in [0.3, 0.4) is 0 Å². The maximum Gasteiger partial charge on any atom is 0.319 e. The Bertz CT molecular complexity index is 1760. The molecule has 0 radical (unpaired) electrons. The lowest BCUT2D eigenvalue weighted by molar-refractivity contribution is 0.107. The summed E-state index contributed by atoms with van der Waals surface area (Å²) in [6, 6.07) is 6.09. The minimum absolute atomic E-state index is 0.0280. The third-order valence-electron chi connectivity index (χ3n) is 9.86. The standard InChI is InChI=1S/C32H34F2N6O3.C2H6/c1-18-23(33)5-4-19-14-21(41)15-22(24(18)19)27-26(34)28-25-29(40-12-9-35-16-20(40)6-13-42-30(25)36-27)38-31(37-28)43-17-32-7-2-10-39(32)11-3-8-32;1-2/h4-5,14-15,20,35,41H,2-3,6-13,16-17H2,1H3;1-2H3. The van der Waals surface area contributed by atoms with Crippen molar-refractivity contribution in [1.29, 1.82) is 0 Å². The number of phenols is 1. The molecule has 0 saturated carbocycles. The van der Waals surface area contributed by atoms with Gasteiger partial charge in [-0.3, -0.25) is 4.90 Å². The molecule has 6 heterocycles. The number of aromatic hydroxyl groups is 1. The average molecular weight is 619 g/mol. The van der Waals surface area contributed by atoms with E-state index in [9.17, 15) is 9.50 Å². The topological polar surface area (TPSA) is 95.9 Å². The molecule has 2 aromatic heterocycles. The van der Waals surface area contributed by atoms with Crippen LogP contribution in [0.1, 0.15) is 51.5 Å². The molecular weight excluding hydrogens is 578 g/mol. The molecule has 1 atom stereocenters. The van der Waals surface area contributed by atoms with Crippen LogP contribution in [-0.2, 0) is 0 Å². The van der Waals surface area contributed by atoms with E-state index < -0.39 is 11.6 Å². The molecule has 9 nitrogen and oxygen atoms in total. The zero-order valence-corrected chi connectivity index (χ0v) is 26.1. The summed E-state index contributed by atoms with van der Waals surface area (Å²) in [5.41, 5.74) is 0.547. The number of benzene rings is 2. The Morgan fingerprint density at radius 3 is 2.67 bits per heavy atom. The van der Waals surface area contributed by atoms with E-state index in [1.54, 1.807) is 13.0 Å². The number of nitrogens with zero attached hydrogens (tertiary/aromatic N) is 5. The molecule has 4 aliphatic rings. The molecule has 3 saturated heterocycles. The molecule has 3 fully saturated rings. The summed E-state index contributed by atoms with van der Waals surface area (Å²) >= 11 is 0. The largest absolute Gasteiger partial charge is 0.508 e. The molecule has 0 spiro atoms. The fourth-order valence-corrected chi connectivity index (χ4v) is 7.70. The third kappa shape index (κ3) is 5.00. The molecule has 0 amide bonds. The van der Waals surface area contributed by atoms with Crippen LogP contribution in [0.5, 0.6) is 17.6 Å². The molecule has 0 aliphatic carbocycles. The normalized spacial score (nSPS) is 20.6. The number of pyridine rings is 1. The minimum Gasteiger partial charge on any atom is -0.508 e. The van der Waals surface area contributed by atoms with Crippen molar-refractivity contribution in [2.45, 2.75) is 64.5 Å². The van der Waals surface area contributed by atoms with E-state index in [4.69, 9.17) is 14.5 Å². The van der Waals surface area contributed by atoms with Crippen molar-refractivity contribution >= 4 is 27.5 Å². The highest BCUT2D eigenvalue weighted by Crippen LogP contribution is 2.44. The predicted molar refractivity (Wildman–Crippen MR) is 170 cm³/mol. The van der Waals surface area contributed by atoms with Crippen molar-refractivity contribution in [2.24, 2.45) is 0 Å². The number of piperazine rings is 1. The fraction of sp³-hybridized carbons (Fsp3) is 0.500. The SMILES string of the molecule is CC.Cc1c(F)ccc2cc(O)cc(-c3nc4c5c(nc(OCC67CCCN6CCC7)nc5c3F)N3CCNCC3CCO4)c12. The minimum atomic E-state index is -0.694. The second kappa shape index (κ2) is 11.8. The lowest BCUT2D eigenvalue weighted by Gasteiger charge is -2.39. The fourth-order valence-electron chi connectivity index (χ4n) is 7.70. The summed E-state index contributed by atoms with van der Waals surface area (Å²) in [7, 11) is 0. The molecule has 1 unspecified atom stereocenters. The smallest absolute Gasteiger partial charge is 0.319 e. The molecule has 8 rings (SSSR count). The Hall–Kier alpha value is -3.83. The first-order chi connectivity index (χ1) is 21.9. The quantitative estimate of drug-likeness (QED) is 0.297. The first-order valence-electron chi connectivity index (χ1n) is 16.2. The van der Waals surface area contributed by atoms with E-state index in [1.165, 1.54) is 18.2 Å². The van der Waals surface area contributed by atoms with Crippen LogP contribution < -0.4 is 19.7 Å². The van der Waals surface area contributed by atoms with E-state index in [-0.39, 0.29) is 46.0 Å². The summed E-state index contributed by atoms with van der Waals surface area (Å²) in [6.45, 7) is 10.8. The number of aryl methyl sites for hydroxylation is 1. The molecule has 4 aromatic rings. The van der Waals surface area contributed by atoms with Gasteiger partial charge in [-0.2, -0.15) is 9.97 Å². The van der Waals surface area contributed by atoms with E-state index in [1.807, 2.05) is 13.8 Å². The second-order valence-corrected chi connectivity index (χ2v) is 12.3. The van der Waals surface area contributed by atoms with E-state index in [0.717, 1.165) is 58.3 Å². The molecule has 45 heavy (non-hydrogen) atoms. The highest BCUT2D eigenvalue weighted by molar-refractivity contribution is 6.03. The Balaban J connectivity index is 0.00000160. The molecule has 238 valence electrons. The number of rotatable bonds is 4. The second-order valence-electron chi connectivity index (χ2n) is 12.3. The van der Waals surface area contributed by atoms with Crippen molar-refractivity contribution in [3.63, 3.8) is 0 Å². The number of hydrogen-bond acceptors (Lipinski definition) is 9. The Kier molecular flexibility index (Phi) is 7.85. The average Bonchev–Trinajstić information content (AvgIpc) is 3.63. The highest BCUT2D eigenvalue weighted by atomic mass is 19.1. The number of phenolic OH excluding ortho intramolecular Hbond substituents is 1. The van der Waals surface area contributed by atoms with Crippen molar-refractivity contribution in [3.8, 4) is 28.9 Å². The number of ether oxygens (including phenoxy) is 2. The molecule has 2 N–H and O–H groups in total. The van der Waals surface area contributed by atoms with Gasteiger partial charge < -0.3 is 24.8 Å². The van der Waals surface area contributed by atoms with E-state index in [2.05, 4.69) is 25.1 Å². The van der Waals surface area contributed by atoms with Gasteiger partial charge in [0.1, 0.15) is 40.6 Å². The van der Waals surface area contributed by atoms with Crippen molar-refractivity contribution in [2.75, 3.05) is 50.8 Å². The van der Waals surface area contributed by atoms with Crippen LogP contribution >= 0.6 is 0 Å². The molecule has 2 aromatic carbocycles. The van der Waals surface area contributed by atoms with Gasteiger partial charge in [0.2, 0.25) is 5.88 Å². The summed E-state index contributed by atoms with van der Waals surface area (Å²) in [5.74, 6) is -0.434. The van der Waals surface area contributed by atoms with Gasteiger partial charge in [0.25, 0.3) is 0 Å². The molecule has 4 aliphatic heterocycles. The van der Waals surface area contributed by atoms with Gasteiger partial charge in [-0.05, 0) is 80.2 Å². The van der Waals surface area contributed by atoms with Gasteiger partial charge in [-0.1, -0.05) is 19.9 Å². The zero-order valence-electron chi connectivity index (χ0n) is 26.1. The maximum absolute atomic E-state index is 16.9. The van der Waals surface area contributed by atoms with E-state index >= 15 is 4.39 Å². The number of aromatic nitrogens is 3. The van der Waals surface area contributed by atoms with Crippen molar-refractivity contribution in [1.82, 2.24) is 25.2 Å². The van der Waals surface area contributed by atoms with Crippen LogP contribution in [0.25, 0.3) is 32.9 Å². The van der Waals surface area contributed by atoms with Crippen LogP contribution in [0.15, 0.2) is 24.3 Å². The summed E-state index contributed by atoms with van der Waals surface area (Å²) in [6.07, 6.45) is 5.12. The summed E-state index contributed by atoms with van der Waals surface area (Å²) < 4.78 is 44.2. The van der Waals surface area contributed by atoms with Crippen LogP contribution in [-0.4, -0.2) is 82.5 Å². The van der Waals surface area contributed by atoms with Gasteiger partial charge in [-0.25, -0.2) is 13.8 Å². The number of fused-ring (bicyclic) bond motifs is 4. The molecular formula is C34H40F2N6O3. The highest BCUT2D eigenvalue weighted by Gasteiger charge is 2.45. The number of nitrogens with one attached hydrogen (secondary N) is 1. The van der Waals surface area contributed by atoms with Crippen molar-refractivity contribution in [3.05, 3.63) is 41.5 Å². The van der Waals surface area contributed by atoms with Crippen molar-refractivity contribution < 1.29 is 23.4 Å². The maximum atomic E-state index is 16.9. The summed E-state index contributed by atoms with van der Waals surface area (Å²) in [4.78, 5) is 18.9. The van der Waals surface area contributed by atoms with Gasteiger partial charge >= 0.3 is 6.01 Å². The van der Waals surface area contributed by atoms with E-state index in [0.29, 0.717) is 47.3 Å². The van der Waals surface area contributed by atoms with Crippen LogP contribution in [0.2, 0.25) is 0 Å². The third-order valence-corrected chi connectivity index (χ3v) is 9.86. The Labute approximate surface area is 261 Å². The predicted octanol–water partition coefficient (Wildman–Crippen LogP) is 5.73. The first-order valence-corrected chi connectivity index (χ1v) is 16.2. The number of anilines is 1.